The maximum absolute atomic E-state index is 11.9. The van der Waals surface area contributed by atoms with E-state index in [0.717, 1.165) is 16.0 Å². The maximum atomic E-state index is 11.9. The molecule has 1 heterocycles. The molecule has 140 valence electrons. The van der Waals surface area contributed by atoms with Crippen molar-refractivity contribution in [3.05, 3.63) is 29.3 Å². The molecule has 0 radical (unpaired) electrons. The molecule has 4 amide bonds. The molecule has 1 N–H and O–H groups in total. The van der Waals surface area contributed by atoms with E-state index in [-0.39, 0.29) is 38.1 Å². The molecule has 0 unspecified atom stereocenters. The minimum Gasteiger partial charge on any atom is -0.456 e. The topological polar surface area (TPSA) is 96.0 Å². The van der Waals surface area contributed by atoms with Crippen LogP contribution < -0.4 is 5.32 Å². The number of benzene rings is 1. The number of anilines is 1. The zero-order chi connectivity index (χ0) is 19.3. The van der Waals surface area contributed by atoms with Crippen LogP contribution >= 0.6 is 0 Å². The highest BCUT2D eigenvalue weighted by Gasteiger charge is 2.32. The van der Waals surface area contributed by atoms with Gasteiger partial charge in [-0.05, 0) is 31.9 Å². The van der Waals surface area contributed by atoms with Gasteiger partial charge in [-0.1, -0.05) is 17.7 Å². The van der Waals surface area contributed by atoms with Crippen molar-refractivity contribution in [1.82, 2.24) is 9.80 Å². The summed E-state index contributed by atoms with van der Waals surface area (Å²) in [6.45, 7) is 3.68. The molecule has 1 aromatic carbocycles. The first kappa shape index (κ1) is 19.4. The van der Waals surface area contributed by atoms with E-state index in [2.05, 4.69) is 5.32 Å². The fraction of sp³-hybridized carbons (Fsp3) is 0.444. The molecule has 1 aliphatic heterocycles. The van der Waals surface area contributed by atoms with Gasteiger partial charge < -0.3 is 15.0 Å². The maximum Gasteiger partial charge on any atom is 0.326 e. The Balaban J connectivity index is 1.69. The molecule has 2 rings (SSSR count). The van der Waals surface area contributed by atoms with Crippen LogP contribution in [0.2, 0.25) is 0 Å². The van der Waals surface area contributed by atoms with Gasteiger partial charge in [0.2, 0.25) is 5.91 Å². The summed E-state index contributed by atoms with van der Waals surface area (Å²) in [5.41, 5.74) is 2.69. The van der Waals surface area contributed by atoms with Crippen LogP contribution in [-0.2, 0) is 19.1 Å². The predicted molar refractivity (Wildman–Crippen MR) is 94.5 cm³/mol. The molecule has 0 atom stereocenters. The summed E-state index contributed by atoms with van der Waals surface area (Å²) in [5, 5.41) is 2.69. The molecule has 1 saturated heterocycles. The monoisotopic (exact) mass is 361 g/mol. The van der Waals surface area contributed by atoms with Crippen LogP contribution in [0.1, 0.15) is 24.0 Å². The van der Waals surface area contributed by atoms with Crippen molar-refractivity contribution in [2.24, 2.45) is 0 Å². The van der Waals surface area contributed by atoms with Crippen molar-refractivity contribution >= 4 is 29.5 Å². The molecular formula is C18H23N3O5. The van der Waals surface area contributed by atoms with Crippen LogP contribution in [0.25, 0.3) is 0 Å². The second-order valence-electron chi connectivity index (χ2n) is 6.31. The number of carbonyl (C=O) groups is 4. The lowest BCUT2D eigenvalue weighted by molar-refractivity contribution is -0.147. The highest BCUT2D eigenvalue weighted by atomic mass is 16.5. The molecule has 0 spiro atoms. The lowest BCUT2D eigenvalue weighted by atomic mass is 10.1. The Kier molecular flexibility index (Phi) is 6.32. The van der Waals surface area contributed by atoms with Gasteiger partial charge in [0, 0.05) is 25.7 Å². The van der Waals surface area contributed by atoms with E-state index in [1.165, 1.54) is 4.90 Å². The molecule has 0 saturated carbocycles. The average Bonchev–Trinajstić information content (AvgIpc) is 2.81. The predicted octanol–water partition coefficient (Wildman–Crippen LogP) is 1.46. The third-order valence-electron chi connectivity index (χ3n) is 4.01. The number of imide groups is 1. The molecule has 1 fully saturated rings. The van der Waals surface area contributed by atoms with E-state index >= 15 is 0 Å². The van der Waals surface area contributed by atoms with Crippen LogP contribution in [0.15, 0.2) is 18.2 Å². The number of nitrogens with zero attached hydrogens (tertiary/aromatic N) is 2. The van der Waals surface area contributed by atoms with E-state index < -0.39 is 11.9 Å². The number of amides is 4. The van der Waals surface area contributed by atoms with Crippen LogP contribution in [-0.4, -0.2) is 60.4 Å². The molecule has 26 heavy (non-hydrogen) atoms. The first-order valence-corrected chi connectivity index (χ1v) is 8.36. The summed E-state index contributed by atoms with van der Waals surface area (Å²) in [6.07, 6.45) is 0.320. The zero-order valence-corrected chi connectivity index (χ0v) is 15.2. The van der Waals surface area contributed by atoms with Crippen LogP contribution in [0.3, 0.4) is 0 Å². The van der Waals surface area contributed by atoms with Crippen molar-refractivity contribution in [2.45, 2.75) is 26.7 Å². The summed E-state index contributed by atoms with van der Waals surface area (Å²) in [4.78, 5) is 49.3. The third-order valence-corrected chi connectivity index (χ3v) is 4.01. The molecular weight excluding hydrogens is 338 g/mol. The number of likely N-dealkylation sites (N-methyl/N-ethyl adjacent to an activating group) is 1. The summed E-state index contributed by atoms with van der Waals surface area (Å²) in [6, 6.07) is 5.26. The van der Waals surface area contributed by atoms with E-state index in [1.54, 1.807) is 13.1 Å². The Morgan fingerprint density at radius 3 is 2.58 bits per heavy atom. The van der Waals surface area contributed by atoms with Crippen LogP contribution in [0.4, 0.5) is 10.5 Å². The number of hydrogen-bond acceptors (Lipinski definition) is 5. The van der Waals surface area contributed by atoms with Gasteiger partial charge in [0.25, 0.3) is 5.91 Å². The number of carbonyl (C=O) groups excluding carboxylic acids is 4. The minimum absolute atomic E-state index is 0.0254. The Hall–Kier alpha value is -2.90. The Bertz CT molecular complexity index is 732. The summed E-state index contributed by atoms with van der Waals surface area (Å²) in [7, 11) is 1.54. The van der Waals surface area contributed by atoms with Gasteiger partial charge in [-0.2, -0.15) is 0 Å². The molecule has 8 heteroatoms. The normalized spacial score (nSPS) is 14.0. The van der Waals surface area contributed by atoms with Gasteiger partial charge in [0.15, 0.2) is 6.61 Å². The van der Waals surface area contributed by atoms with Crippen molar-refractivity contribution in [3.63, 3.8) is 0 Å². The van der Waals surface area contributed by atoms with Crippen molar-refractivity contribution in [2.75, 3.05) is 32.1 Å². The van der Waals surface area contributed by atoms with Crippen molar-refractivity contribution in [1.29, 1.82) is 0 Å². The lowest BCUT2D eigenvalue weighted by Crippen LogP contribution is -2.32. The number of nitrogens with one attached hydrogen (secondary N) is 1. The van der Waals surface area contributed by atoms with Crippen molar-refractivity contribution in [3.8, 4) is 0 Å². The quantitative estimate of drug-likeness (QED) is 0.586. The Labute approximate surface area is 152 Å². The molecule has 0 aromatic heterocycles. The summed E-state index contributed by atoms with van der Waals surface area (Å²) >= 11 is 0. The van der Waals surface area contributed by atoms with Gasteiger partial charge in [-0.15, -0.1) is 0 Å². The fourth-order valence-electron chi connectivity index (χ4n) is 2.63. The van der Waals surface area contributed by atoms with Gasteiger partial charge in [0.1, 0.15) is 6.54 Å². The van der Waals surface area contributed by atoms with E-state index in [9.17, 15) is 19.2 Å². The van der Waals surface area contributed by atoms with E-state index in [4.69, 9.17) is 4.74 Å². The third kappa shape index (κ3) is 5.05. The number of ether oxygens (including phenoxy) is 1. The summed E-state index contributed by atoms with van der Waals surface area (Å²) in [5.74, 6) is -1.25. The van der Waals surface area contributed by atoms with E-state index in [1.807, 2.05) is 26.0 Å². The number of hydrogen-bond donors (Lipinski definition) is 1. The number of rotatable bonds is 7. The first-order valence-electron chi connectivity index (χ1n) is 8.36. The minimum atomic E-state index is -0.548. The highest BCUT2D eigenvalue weighted by molar-refractivity contribution is 6.01. The standard InChI is InChI=1S/C18H23N3O5/c1-12-6-7-14(13(2)9-12)19-15(22)11-26-17(24)5-4-8-21-16(23)10-20(3)18(21)25/h6-7,9H,4-5,8,10-11H2,1-3H3,(H,19,22). The largest absolute Gasteiger partial charge is 0.456 e. The molecule has 0 bridgehead atoms. The fourth-order valence-corrected chi connectivity index (χ4v) is 2.63. The highest BCUT2D eigenvalue weighted by Crippen LogP contribution is 2.15. The van der Waals surface area contributed by atoms with Crippen LogP contribution in [0.5, 0.6) is 0 Å². The molecule has 1 aromatic rings. The Morgan fingerprint density at radius 2 is 1.96 bits per heavy atom. The van der Waals surface area contributed by atoms with Gasteiger partial charge in [-0.3, -0.25) is 19.3 Å². The van der Waals surface area contributed by atoms with Gasteiger partial charge in [-0.25, -0.2) is 4.79 Å². The van der Waals surface area contributed by atoms with Crippen LogP contribution in [0, 0.1) is 13.8 Å². The first-order chi connectivity index (χ1) is 12.3. The van der Waals surface area contributed by atoms with Gasteiger partial charge >= 0.3 is 12.0 Å². The molecule has 0 aliphatic carbocycles. The second-order valence-corrected chi connectivity index (χ2v) is 6.31. The molecule has 1 aliphatic rings. The second kappa shape index (κ2) is 8.46. The number of aryl methyl sites for hydroxylation is 2. The molecule has 8 nitrogen and oxygen atoms in total. The van der Waals surface area contributed by atoms with Crippen molar-refractivity contribution < 1.29 is 23.9 Å². The zero-order valence-electron chi connectivity index (χ0n) is 15.2. The number of urea groups is 1. The average molecular weight is 361 g/mol. The SMILES string of the molecule is Cc1ccc(NC(=O)COC(=O)CCCN2C(=O)CN(C)C2=O)c(C)c1. The smallest absolute Gasteiger partial charge is 0.326 e. The van der Waals surface area contributed by atoms with E-state index in [0.29, 0.717) is 12.1 Å². The lowest BCUT2D eigenvalue weighted by Gasteiger charge is -2.13. The van der Waals surface area contributed by atoms with Gasteiger partial charge in [0.05, 0.1) is 0 Å². The summed E-state index contributed by atoms with van der Waals surface area (Å²) < 4.78 is 4.93. The number of esters is 1. The Morgan fingerprint density at radius 1 is 1.23 bits per heavy atom.